The Morgan fingerprint density at radius 2 is 2.26 bits per heavy atom. The van der Waals surface area contributed by atoms with Gasteiger partial charge in [0, 0.05) is 18.1 Å². The van der Waals surface area contributed by atoms with Crippen LogP contribution in [0.1, 0.15) is 30.6 Å². The number of nitrogens with one attached hydrogen (secondary N) is 1. The molecule has 2 N–H and O–H groups in total. The molecule has 5 heteroatoms. The first kappa shape index (κ1) is 13.3. The van der Waals surface area contributed by atoms with Crippen LogP contribution in [-0.2, 0) is 0 Å². The van der Waals surface area contributed by atoms with Gasteiger partial charge in [0.2, 0.25) is 5.95 Å². The number of aromatic carboxylic acids is 1. The van der Waals surface area contributed by atoms with Crippen LogP contribution in [-0.4, -0.2) is 27.6 Å². The molecule has 0 saturated heterocycles. The van der Waals surface area contributed by atoms with E-state index in [2.05, 4.69) is 29.1 Å². The number of fused-ring (bicyclic) bond motifs is 1. The third kappa shape index (κ3) is 3.19. The maximum atomic E-state index is 10.9. The number of rotatable bonds is 5. The monoisotopic (exact) mass is 259 g/mol. The first-order valence-electron chi connectivity index (χ1n) is 6.34. The van der Waals surface area contributed by atoms with E-state index in [1.807, 2.05) is 0 Å². The molecule has 0 aliphatic heterocycles. The van der Waals surface area contributed by atoms with E-state index >= 15 is 0 Å². The number of carbonyl (C=O) groups is 1. The number of nitrogens with zero attached hydrogens (tertiary/aromatic N) is 2. The molecular weight excluding hydrogens is 242 g/mol. The van der Waals surface area contributed by atoms with Gasteiger partial charge in [-0.25, -0.2) is 14.8 Å². The number of hydrogen-bond acceptors (Lipinski definition) is 4. The summed E-state index contributed by atoms with van der Waals surface area (Å²) in [7, 11) is 0. The smallest absolute Gasteiger partial charge is 0.335 e. The van der Waals surface area contributed by atoms with Crippen LogP contribution in [0.3, 0.4) is 0 Å². The Morgan fingerprint density at radius 3 is 2.95 bits per heavy atom. The Labute approximate surface area is 111 Å². The van der Waals surface area contributed by atoms with Gasteiger partial charge >= 0.3 is 5.97 Å². The number of carboxylic acid groups (broad SMARTS) is 1. The van der Waals surface area contributed by atoms with E-state index in [9.17, 15) is 4.79 Å². The fourth-order valence-corrected chi connectivity index (χ4v) is 1.66. The number of carboxylic acids is 1. The molecule has 100 valence electrons. The lowest BCUT2D eigenvalue weighted by Gasteiger charge is -2.10. The summed E-state index contributed by atoms with van der Waals surface area (Å²) in [6.07, 6.45) is 2.75. The molecule has 0 aliphatic carbocycles. The van der Waals surface area contributed by atoms with E-state index in [1.54, 1.807) is 24.4 Å². The standard InChI is InChI=1S/C14H17N3O2/c1-3-9(2)7-15-14-16-8-11-6-10(13(18)19)4-5-12(11)17-14/h4-6,8-9H,3,7H2,1-2H3,(H,18,19)(H,15,16,17). The topological polar surface area (TPSA) is 75.1 Å². The second-order valence-corrected chi connectivity index (χ2v) is 4.67. The lowest BCUT2D eigenvalue weighted by Crippen LogP contribution is -2.12. The highest BCUT2D eigenvalue weighted by Gasteiger charge is 2.06. The lowest BCUT2D eigenvalue weighted by atomic mass is 10.1. The van der Waals surface area contributed by atoms with Gasteiger partial charge < -0.3 is 10.4 Å². The van der Waals surface area contributed by atoms with Crippen LogP contribution < -0.4 is 5.32 Å². The molecule has 2 aromatic rings. The van der Waals surface area contributed by atoms with Crippen LogP contribution in [0, 0.1) is 5.92 Å². The van der Waals surface area contributed by atoms with Gasteiger partial charge in [-0.1, -0.05) is 20.3 Å². The van der Waals surface area contributed by atoms with Crippen LogP contribution in [0.25, 0.3) is 10.9 Å². The Bertz CT molecular complexity index is 598. The van der Waals surface area contributed by atoms with Crippen LogP contribution in [0.2, 0.25) is 0 Å². The Kier molecular flexibility index (Phi) is 3.94. The van der Waals surface area contributed by atoms with Crippen molar-refractivity contribution in [1.29, 1.82) is 0 Å². The van der Waals surface area contributed by atoms with E-state index in [0.717, 1.165) is 23.9 Å². The van der Waals surface area contributed by atoms with E-state index in [4.69, 9.17) is 5.11 Å². The van der Waals surface area contributed by atoms with E-state index in [0.29, 0.717) is 11.9 Å². The quantitative estimate of drug-likeness (QED) is 0.863. The summed E-state index contributed by atoms with van der Waals surface area (Å²) in [6, 6.07) is 4.83. The largest absolute Gasteiger partial charge is 0.478 e. The van der Waals surface area contributed by atoms with Crippen molar-refractivity contribution in [2.45, 2.75) is 20.3 Å². The normalized spacial score (nSPS) is 12.3. The Hall–Kier alpha value is -2.17. The molecule has 19 heavy (non-hydrogen) atoms. The molecule has 1 aromatic carbocycles. The second kappa shape index (κ2) is 5.65. The lowest BCUT2D eigenvalue weighted by molar-refractivity contribution is 0.0697. The van der Waals surface area contributed by atoms with Crippen molar-refractivity contribution in [3.63, 3.8) is 0 Å². The molecular formula is C14H17N3O2. The average molecular weight is 259 g/mol. The maximum absolute atomic E-state index is 10.9. The predicted molar refractivity (Wildman–Crippen MR) is 74.4 cm³/mol. The van der Waals surface area contributed by atoms with Gasteiger partial charge in [-0.15, -0.1) is 0 Å². The third-order valence-electron chi connectivity index (χ3n) is 3.13. The Morgan fingerprint density at radius 1 is 1.47 bits per heavy atom. The van der Waals surface area contributed by atoms with Crippen molar-refractivity contribution in [2.24, 2.45) is 5.92 Å². The fourth-order valence-electron chi connectivity index (χ4n) is 1.66. The Balaban J connectivity index is 2.21. The molecule has 0 radical (unpaired) electrons. The van der Waals surface area contributed by atoms with Crippen LogP contribution >= 0.6 is 0 Å². The highest BCUT2D eigenvalue weighted by molar-refractivity contribution is 5.93. The van der Waals surface area contributed by atoms with Crippen molar-refractivity contribution in [3.8, 4) is 0 Å². The SMILES string of the molecule is CCC(C)CNc1ncc2cc(C(=O)O)ccc2n1. The molecule has 0 aliphatic rings. The number of benzene rings is 1. The minimum atomic E-state index is -0.944. The predicted octanol–water partition coefficient (Wildman–Crippen LogP) is 2.79. The van der Waals surface area contributed by atoms with Gasteiger partial charge in [-0.05, 0) is 24.1 Å². The zero-order valence-corrected chi connectivity index (χ0v) is 11.1. The molecule has 0 amide bonds. The van der Waals surface area contributed by atoms with Gasteiger partial charge in [-0.2, -0.15) is 0 Å². The fraction of sp³-hybridized carbons (Fsp3) is 0.357. The van der Waals surface area contributed by atoms with Crippen molar-refractivity contribution in [2.75, 3.05) is 11.9 Å². The number of hydrogen-bond donors (Lipinski definition) is 2. The van der Waals surface area contributed by atoms with Gasteiger partial charge in [0.25, 0.3) is 0 Å². The molecule has 2 rings (SSSR count). The van der Waals surface area contributed by atoms with Gasteiger partial charge in [-0.3, -0.25) is 0 Å². The van der Waals surface area contributed by atoms with Gasteiger partial charge in [0.15, 0.2) is 0 Å². The molecule has 1 unspecified atom stereocenters. The molecule has 0 fully saturated rings. The van der Waals surface area contributed by atoms with Crippen molar-refractivity contribution < 1.29 is 9.90 Å². The zero-order valence-electron chi connectivity index (χ0n) is 11.1. The van der Waals surface area contributed by atoms with Crippen molar-refractivity contribution in [1.82, 2.24) is 9.97 Å². The molecule has 1 aromatic heterocycles. The summed E-state index contributed by atoms with van der Waals surface area (Å²) in [5.41, 5.74) is 0.989. The van der Waals surface area contributed by atoms with Crippen LogP contribution in [0.4, 0.5) is 5.95 Å². The van der Waals surface area contributed by atoms with Gasteiger partial charge in [0.1, 0.15) is 0 Å². The summed E-state index contributed by atoms with van der Waals surface area (Å²) >= 11 is 0. The summed E-state index contributed by atoms with van der Waals surface area (Å²) in [4.78, 5) is 19.4. The highest BCUT2D eigenvalue weighted by atomic mass is 16.4. The highest BCUT2D eigenvalue weighted by Crippen LogP contribution is 2.15. The molecule has 0 spiro atoms. The first-order valence-corrected chi connectivity index (χ1v) is 6.34. The summed E-state index contributed by atoms with van der Waals surface area (Å²) in [5, 5.41) is 12.8. The molecule has 5 nitrogen and oxygen atoms in total. The van der Waals surface area contributed by atoms with Gasteiger partial charge in [0.05, 0.1) is 11.1 Å². The molecule has 1 atom stereocenters. The second-order valence-electron chi connectivity index (χ2n) is 4.67. The maximum Gasteiger partial charge on any atom is 0.335 e. The average Bonchev–Trinajstić information content (AvgIpc) is 2.43. The van der Waals surface area contributed by atoms with Crippen LogP contribution in [0.15, 0.2) is 24.4 Å². The van der Waals surface area contributed by atoms with Crippen molar-refractivity contribution in [3.05, 3.63) is 30.0 Å². The molecule has 0 bridgehead atoms. The van der Waals surface area contributed by atoms with E-state index < -0.39 is 5.97 Å². The van der Waals surface area contributed by atoms with Crippen LogP contribution in [0.5, 0.6) is 0 Å². The van der Waals surface area contributed by atoms with E-state index in [-0.39, 0.29) is 5.56 Å². The third-order valence-corrected chi connectivity index (χ3v) is 3.13. The van der Waals surface area contributed by atoms with Crippen molar-refractivity contribution >= 4 is 22.8 Å². The summed E-state index contributed by atoms with van der Waals surface area (Å²) in [5.74, 6) is 0.199. The zero-order chi connectivity index (χ0) is 13.8. The summed E-state index contributed by atoms with van der Waals surface area (Å²) < 4.78 is 0. The number of aromatic nitrogens is 2. The minimum absolute atomic E-state index is 0.247. The van der Waals surface area contributed by atoms with E-state index in [1.165, 1.54) is 0 Å². The minimum Gasteiger partial charge on any atom is -0.478 e. The first-order chi connectivity index (χ1) is 9.10. The molecule has 1 heterocycles. The number of anilines is 1. The molecule has 0 saturated carbocycles. The summed E-state index contributed by atoms with van der Waals surface area (Å²) in [6.45, 7) is 5.13.